The Morgan fingerprint density at radius 3 is 2.90 bits per heavy atom. The van der Waals surface area contributed by atoms with Gasteiger partial charge in [-0.15, -0.1) is 0 Å². The van der Waals surface area contributed by atoms with Gasteiger partial charge in [-0.2, -0.15) is 0 Å². The maximum absolute atomic E-state index is 14.3. The summed E-state index contributed by atoms with van der Waals surface area (Å²) in [5, 5.41) is 4.93. The van der Waals surface area contributed by atoms with E-state index in [1.165, 1.54) is 25.1 Å². The van der Waals surface area contributed by atoms with Crippen LogP contribution in [0.25, 0.3) is 22.3 Å². The van der Waals surface area contributed by atoms with Crippen molar-refractivity contribution in [1.82, 2.24) is 15.3 Å². The Morgan fingerprint density at radius 1 is 1.30 bits per heavy atom. The molecule has 3 aromatic rings. The lowest BCUT2D eigenvalue weighted by atomic mass is 10.0. The second-order valence-electron chi connectivity index (χ2n) is 8.03. The third kappa shape index (κ3) is 3.38. The molecule has 0 radical (unpaired) electrons. The molecule has 30 heavy (non-hydrogen) atoms. The fraction of sp³-hybridized carbons (Fsp3) is 0.318. The summed E-state index contributed by atoms with van der Waals surface area (Å²) in [5.41, 5.74) is 9.34. The van der Waals surface area contributed by atoms with Crippen LogP contribution in [0.3, 0.4) is 0 Å². The van der Waals surface area contributed by atoms with E-state index in [0.717, 1.165) is 30.7 Å². The van der Waals surface area contributed by atoms with Gasteiger partial charge in [0.25, 0.3) is 0 Å². The van der Waals surface area contributed by atoms with E-state index in [4.69, 9.17) is 17.3 Å². The Labute approximate surface area is 179 Å². The van der Waals surface area contributed by atoms with E-state index < -0.39 is 5.82 Å². The molecule has 1 spiro atoms. The molecule has 6 nitrogen and oxygen atoms in total. The van der Waals surface area contributed by atoms with Crippen LogP contribution in [0.4, 0.5) is 15.8 Å². The van der Waals surface area contributed by atoms with E-state index in [1.807, 2.05) is 12.3 Å². The summed E-state index contributed by atoms with van der Waals surface area (Å²) in [6, 6.07) is 6.89. The maximum Gasteiger partial charge on any atom is 0.161 e. The van der Waals surface area contributed by atoms with Crippen LogP contribution in [0.15, 0.2) is 35.5 Å². The molecule has 0 atom stereocenters. The molecule has 1 saturated carbocycles. The standard InChI is InChI=1S/C22H22ClFN6/c1-26-10-14-6-13(7-18(24)20(14)25)19-9-17(23)16-8-15(11-27-21(16)29-19)30-5-4-28-22(12-30)2-3-22/h6-11,28H,2-5,12,25H2,1H3. The van der Waals surface area contributed by atoms with Crippen molar-refractivity contribution in [3.63, 3.8) is 0 Å². The van der Waals surface area contributed by atoms with E-state index in [1.54, 1.807) is 19.2 Å². The number of anilines is 2. The number of pyridine rings is 2. The molecule has 1 aromatic carbocycles. The molecular formula is C22H22ClFN6. The molecule has 1 aliphatic heterocycles. The first-order chi connectivity index (χ1) is 14.5. The highest BCUT2D eigenvalue weighted by atomic mass is 35.5. The fourth-order valence-electron chi connectivity index (χ4n) is 4.07. The highest BCUT2D eigenvalue weighted by molar-refractivity contribution is 6.35. The van der Waals surface area contributed by atoms with Crippen LogP contribution < -0.4 is 16.0 Å². The zero-order chi connectivity index (χ0) is 20.9. The predicted molar refractivity (Wildman–Crippen MR) is 120 cm³/mol. The monoisotopic (exact) mass is 424 g/mol. The average Bonchev–Trinajstić information content (AvgIpc) is 3.49. The molecule has 2 aliphatic rings. The van der Waals surface area contributed by atoms with Gasteiger partial charge in [0, 0.05) is 54.9 Å². The van der Waals surface area contributed by atoms with Crippen molar-refractivity contribution in [3.8, 4) is 11.3 Å². The molecule has 0 unspecified atom stereocenters. The molecule has 2 aromatic heterocycles. The van der Waals surface area contributed by atoms with Crippen molar-refractivity contribution in [2.24, 2.45) is 4.99 Å². The van der Waals surface area contributed by atoms with Crippen LogP contribution in [0.1, 0.15) is 18.4 Å². The minimum absolute atomic E-state index is 0.0588. The number of hydrogen-bond donors (Lipinski definition) is 2. The predicted octanol–water partition coefficient (Wildman–Crippen LogP) is 3.66. The normalized spacial score (nSPS) is 17.9. The molecule has 5 rings (SSSR count). The topological polar surface area (TPSA) is 79.4 Å². The molecule has 8 heteroatoms. The van der Waals surface area contributed by atoms with Gasteiger partial charge in [0.2, 0.25) is 0 Å². The molecule has 1 saturated heterocycles. The largest absolute Gasteiger partial charge is 0.396 e. The number of benzene rings is 1. The highest BCUT2D eigenvalue weighted by Gasteiger charge is 2.45. The zero-order valence-electron chi connectivity index (χ0n) is 16.6. The van der Waals surface area contributed by atoms with Gasteiger partial charge in [0.15, 0.2) is 5.65 Å². The van der Waals surface area contributed by atoms with Crippen molar-refractivity contribution in [3.05, 3.63) is 46.9 Å². The van der Waals surface area contributed by atoms with Crippen molar-refractivity contribution < 1.29 is 4.39 Å². The fourth-order valence-corrected chi connectivity index (χ4v) is 4.31. The second-order valence-corrected chi connectivity index (χ2v) is 8.44. The molecule has 3 heterocycles. The van der Waals surface area contributed by atoms with Crippen molar-refractivity contribution in [2.45, 2.75) is 18.4 Å². The number of rotatable bonds is 3. The summed E-state index contributed by atoms with van der Waals surface area (Å²) in [5.74, 6) is -0.517. The summed E-state index contributed by atoms with van der Waals surface area (Å²) >= 11 is 6.61. The number of nitrogens with zero attached hydrogens (tertiary/aromatic N) is 4. The quantitative estimate of drug-likeness (QED) is 0.495. The molecule has 154 valence electrons. The lowest BCUT2D eigenvalue weighted by molar-refractivity contribution is 0.442. The van der Waals surface area contributed by atoms with Gasteiger partial charge in [-0.3, -0.25) is 4.99 Å². The minimum Gasteiger partial charge on any atom is -0.396 e. The van der Waals surface area contributed by atoms with Gasteiger partial charge in [-0.05, 0) is 37.1 Å². The smallest absolute Gasteiger partial charge is 0.161 e. The lowest BCUT2D eigenvalue weighted by Crippen LogP contribution is -2.52. The zero-order valence-corrected chi connectivity index (χ0v) is 17.4. The van der Waals surface area contributed by atoms with Crippen LogP contribution in [-0.4, -0.2) is 48.4 Å². The van der Waals surface area contributed by atoms with E-state index in [0.29, 0.717) is 27.5 Å². The molecular weight excluding hydrogens is 403 g/mol. The van der Waals surface area contributed by atoms with E-state index in [-0.39, 0.29) is 11.2 Å². The third-order valence-corrected chi connectivity index (χ3v) is 6.23. The molecule has 0 bridgehead atoms. The highest BCUT2D eigenvalue weighted by Crippen LogP contribution is 2.39. The summed E-state index contributed by atoms with van der Waals surface area (Å²) in [7, 11) is 1.61. The van der Waals surface area contributed by atoms with Crippen molar-refractivity contribution in [1.29, 1.82) is 0 Å². The lowest BCUT2D eigenvalue weighted by Gasteiger charge is -2.35. The second kappa shape index (κ2) is 7.18. The number of hydrogen-bond acceptors (Lipinski definition) is 6. The number of aromatic nitrogens is 2. The SMILES string of the molecule is CN=Cc1cc(-c2cc(Cl)c3cc(N4CCNC5(CC5)C4)cnc3n2)cc(F)c1N. The Morgan fingerprint density at radius 2 is 2.13 bits per heavy atom. The summed E-state index contributed by atoms with van der Waals surface area (Å²) in [4.78, 5) is 15.5. The number of halogens is 2. The van der Waals surface area contributed by atoms with Crippen LogP contribution in [0, 0.1) is 5.82 Å². The number of fused-ring (bicyclic) bond motifs is 1. The van der Waals surface area contributed by atoms with E-state index >= 15 is 0 Å². The first-order valence-corrected chi connectivity index (χ1v) is 10.3. The van der Waals surface area contributed by atoms with Crippen LogP contribution >= 0.6 is 11.6 Å². The minimum atomic E-state index is -0.517. The molecule has 0 amide bonds. The van der Waals surface area contributed by atoms with Crippen LogP contribution in [-0.2, 0) is 0 Å². The van der Waals surface area contributed by atoms with Gasteiger partial charge in [-0.1, -0.05) is 11.6 Å². The number of nitrogen functional groups attached to an aromatic ring is 1. The summed E-state index contributed by atoms with van der Waals surface area (Å²) in [6.07, 6.45) is 5.81. The Balaban J connectivity index is 1.53. The Kier molecular flexibility index (Phi) is 4.60. The van der Waals surface area contributed by atoms with Crippen LogP contribution in [0.2, 0.25) is 5.02 Å². The van der Waals surface area contributed by atoms with Crippen molar-refractivity contribution in [2.75, 3.05) is 37.3 Å². The molecule has 2 fully saturated rings. The average molecular weight is 425 g/mol. The van der Waals surface area contributed by atoms with E-state index in [9.17, 15) is 4.39 Å². The van der Waals surface area contributed by atoms with Crippen molar-refractivity contribution >= 4 is 40.2 Å². The summed E-state index contributed by atoms with van der Waals surface area (Å²) < 4.78 is 14.3. The third-order valence-electron chi connectivity index (χ3n) is 5.92. The summed E-state index contributed by atoms with van der Waals surface area (Å²) in [6.45, 7) is 2.88. The molecule has 3 N–H and O–H groups in total. The van der Waals surface area contributed by atoms with Gasteiger partial charge in [0.1, 0.15) is 5.82 Å². The number of aliphatic imine (C=N–C) groups is 1. The first kappa shape index (κ1) is 19.2. The van der Waals surface area contributed by atoms with Crippen LogP contribution in [0.5, 0.6) is 0 Å². The Hall–Kier alpha value is -2.77. The number of nitrogens with one attached hydrogen (secondary N) is 1. The number of piperazine rings is 1. The van der Waals surface area contributed by atoms with Gasteiger partial charge < -0.3 is 16.0 Å². The maximum atomic E-state index is 14.3. The van der Waals surface area contributed by atoms with Gasteiger partial charge >= 0.3 is 0 Å². The first-order valence-electron chi connectivity index (χ1n) is 9.96. The van der Waals surface area contributed by atoms with E-state index in [2.05, 4.69) is 25.2 Å². The molecule has 1 aliphatic carbocycles. The van der Waals surface area contributed by atoms with Gasteiger partial charge in [-0.25, -0.2) is 14.4 Å². The van der Waals surface area contributed by atoms with Gasteiger partial charge in [0.05, 0.1) is 28.3 Å². The number of nitrogens with two attached hydrogens (primary N) is 1. The Bertz CT molecular complexity index is 1170.